The average molecular weight is 231 g/mol. The molecular formula is C13H13NO3. The summed E-state index contributed by atoms with van der Waals surface area (Å²) >= 11 is 0. The summed E-state index contributed by atoms with van der Waals surface area (Å²) in [5.41, 5.74) is 2.02. The molecule has 1 aromatic carbocycles. The van der Waals surface area contributed by atoms with Gasteiger partial charge >= 0.3 is 5.97 Å². The van der Waals surface area contributed by atoms with Crippen LogP contribution in [0.4, 0.5) is 5.69 Å². The van der Waals surface area contributed by atoms with Crippen molar-refractivity contribution in [2.45, 2.75) is 18.8 Å². The molecule has 0 aromatic heterocycles. The largest absolute Gasteiger partial charge is 0.481 e. The Morgan fingerprint density at radius 1 is 1.53 bits per heavy atom. The summed E-state index contributed by atoms with van der Waals surface area (Å²) in [4.78, 5) is 25.0. The number of anilines is 1. The number of likely N-dealkylation sites (N-methyl/N-ethyl adjacent to an activating group) is 1. The maximum atomic E-state index is 12.3. The van der Waals surface area contributed by atoms with Crippen molar-refractivity contribution in [1.29, 1.82) is 0 Å². The second kappa shape index (κ2) is 2.88. The molecule has 2 unspecified atom stereocenters. The standard InChI is InChI=1S/C13H13NO3/c1-7-4-3-5-8-10(7)14(2)12(17)13(8)6-9(13)11(15)16/h3-5,9H,6H2,1-2H3,(H,15,16). The number of carboxylic acids is 1. The van der Waals surface area contributed by atoms with Crippen LogP contribution in [0.1, 0.15) is 17.5 Å². The fourth-order valence-corrected chi connectivity index (χ4v) is 3.08. The molecule has 0 bridgehead atoms. The Hall–Kier alpha value is -1.84. The number of nitrogens with zero attached hydrogens (tertiary/aromatic N) is 1. The average Bonchev–Trinajstić information content (AvgIpc) is 2.99. The zero-order valence-electron chi connectivity index (χ0n) is 9.73. The highest BCUT2D eigenvalue weighted by Gasteiger charge is 2.69. The summed E-state index contributed by atoms with van der Waals surface area (Å²) in [5, 5.41) is 9.11. The van der Waals surface area contributed by atoms with Gasteiger partial charge in [-0.05, 0) is 24.5 Å². The van der Waals surface area contributed by atoms with Gasteiger partial charge in [-0.1, -0.05) is 18.2 Å². The summed E-state index contributed by atoms with van der Waals surface area (Å²) in [6, 6.07) is 5.71. The topological polar surface area (TPSA) is 57.6 Å². The van der Waals surface area contributed by atoms with E-state index in [1.807, 2.05) is 25.1 Å². The van der Waals surface area contributed by atoms with Crippen LogP contribution in [-0.4, -0.2) is 24.0 Å². The normalized spacial score (nSPS) is 29.6. The van der Waals surface area contributed by atoms with Crippen molar-refractivity contribution < 1.29 is 14.7 Å². The number of hydrogen-bond acceptors (Lipinski definition) is 2. The fourth-order valence-electron chi connectivity index (χ4n) is 3.08. The SMILES string of the molecule is Cc1cccc2c1N(C)C(=O)C21CC1C(=O)O. The monoisotopic (exact) mass is 231 g/mol. The lowest BCUT2D eigenvalue weighted by atomic mass is 9.93. The number of carbonyl (C=O) groups is 2. The number of benzene rings is 1. The summed E-state index contributed by atoms with van der Waals surface area (Å²) in [6.45, 7) is 1.94. The summed E-state index contributed by atoms with van der Waals surface area (Å²) < 4.78 is 0. The van der Waals surface area contributed by atoms with E-state index in [-0.39, 0.29) is 5.91 Å². The minimum Gasteiger partial charge on any atom is -0.481 e. The van der Waals surface area contributed by atoms with Gasteiger partial charge < -0.3 is 10.0 Å². The lowest BCUT2D eigenvalue weighted by molar-refractivity contribution is -0.140. The molecule has 1 heterocycles. The van der Waals surface area contributed by atoms with Gasteiger partial charge in [0.1, 0.15) is 0 Å². The number of amides is 1. The van der Waals surface area contributed by atoms with E-state index in [2.05, 4.69) is 0 Å². The minimum atomic E-state index is -0.874. The first-order valence-corrected chi connectivity index (χ1v) is 5.61. The molecule has 17 heavy (non-hydrogen) atoms. The maximum absolute atomic E-state index is 12.3. The molecule has 1 aliphatic heterocycles. The van der Waals surface area contributed by atoms with E-state index in [0.717, 1.165) is 16.8 Å². The highest BCUT2D eigenvalue weighted by Crippen LogP contribution is 2.61. The maximum Gasteiger partial charge on any atom is 0.307 e. The second-order valence-corrected chi connectivity index (χ2v) is 4.90. The number of fused-ring (bicyclic) bond motifs is 2. The Bertz CT molecular complexity index is 552. The van der Waals surface area contributed by atoms with Crippen molar-refractivity contribution in [2.24, 2.45) is 5.92 Å². The van der Waals surface area contributed by atoms with Crippen LogP contribution in [0.5, 0.6) is 0 Å². The van der Waals surface area contributed by atoms with Gasteiger partial charge in [-0.2, -0.15) is 0 Å². The van der Waals surface area contributed by atoms with E-state index in [9.17, 15) is 9.59 Å². The van der Waals surface area contributed by atoms with Crippen LogP contribution in [0.25, 0.3) is 0 Å². The number of rotatable bonds is 1. The van der Waals surface area contributed by atoms with Crippen molar-refractivity contribution >= 4 is 17.6 Å². The minimum absolute atomic E-state index is 0.0748. The van der Waals surface area contributed by atoms with Crippen LogP contribution in [0, 0.1) is 12.8 Å². The number of aryl methyl sites for hydroxylation is 1. The molecule has 1 fully saturated rings. The van der Waals surface area contributed by atoms with Crippen LogP contribution in [-0.2, 0) is 15.0 Å². The molecule has 1 amide bonds. The van der Waals surface area contributed by atoms with Gasteiger partial charge in [0.05, 0.1) is 17.0 Å². The Labute approximate surface area is 98.9 Å². The molecule has 2 aliphatic rings. The van der Waals surface area contributed by atoms with Gasteiger partial charge in [-0.3, -0.25) is 9.59 Å². The van der Waals surface area contributed by atoms with E-state index >= 15 is 0 Å². The Kier molecular flexibility index (Phi) is 1.75. The molecule has 1 spiro atoms. The predicted molar refractivity (Wildman–Crippen MR) is 62.0 cm³/mol. The fraction of sp³-hybridized carbons (Fsp3) is 0.385. The molecule has 0 saturated heterocycles. The van der Waals surface area contributed by atoms with Crippen molar-refractivity contribution in [3.63, 3.8) is 0 Å². The van der Waals surface area contributed by atoms with Crippen LogP contribution in [0.2, 0.25) is 0 Å². The molecule has 3 rings (SSSR count). The van der Waals surface area contributed by atoms with Gasteiger partial charge in [0.2, 0.25) is 5.91 Å². The smallest absolute Gasteiger partial charge is 0.307 e. The van der Waals surface area contributed by atoms with Crippen LogP contribution in [0.3, 0.4) is 0 Å². The molecule has 1 aliphatic carbocycles. The molecular weight excluding hydrogens is 218 g/mol. The van der Waals surface area contributed by atoms with Crippen LogP contribution < -0.4 is 4.90 Å². The van der Waals surface area contributed by atoms with Crippen molar-refractivity contribution in [3.05, 3.63) is 29.3 Å². The molecule has 4 heteroatoms. The molecule has 0 radical (unpaired) electrons. The van der Waals surface area contributed by atoms with E-state index in [1.54, 1.807) is 11.9 Å². The quantitative estimate of drug-likeness (QED) is 0.792. The zero-order chi connectivity index (χ0) is 12.4. The third-order valence-electron chi connectivity index (χ3n) is 4.00. The number of hydrogen-bond donors (Lipinski definition) is 1. The van der Waals surface area contributed by atoms with Gasteiger partial charge in [0.25, 0.3) is 0 Å². The molecule has 88 valence electrons. The summed E-state index contributed by atoms with van der Waals surface area (Å²) in [5.74, 6) is -1.50. The van der Waals surface area contributed by atoms with E-state index in [4.69, 9.17) is 5.11 Å². The van der Waals surface area contributed by atoms with E-state index in [1.165, 1.54) is 0 Å². The van der Waals surface area contributed by atoms with Crippen molar-refractivity contribution in [2.75, 3.05) is 11.9 Å². The van der Waals surface area contributed by atoms with Crippen LogP contribution in [0.15, 0.2) is 18.2 Å². The number of carbonyl (C=O) groups excluding carboxylic acids is 1. The first kappa shape index (κ1) is 10.3. The van der Waals surface area contributed by atoms with Gasteiger partial charge in [0, 0.05) is 7.05 Å². The molecule has 4 nitrogen and oxygen atoms in total. The Morgan fingerprint density at radius 3 is 2.82 bits per heavy atom. The highest BCUT2D eigenvalue weighted by molar-refractivity contribution is 6.13. The Balaban J connectivity index is 2.21. The van der Waals surface area contributed by atoms with Crippen molar-refractivity contribution in [3.8, 4) is 0 Å². The van der Waals surface area contributed by atoms with Crippen molar-refractivity contribution in [1.82, 2.24) is 0 Å². The first-order chi connectivity index (χ1) is 8.00. The summed E-state index contributed by atoms with van der Waals surface area (Å²) in [7, 11) is 1.72. The van der Waals surface area contributed by atoms with E-state index in [0.29, 0.717) is 6.42 Å². The van der Waals surface area contributed by atoms with Gasteiger partial charge in [-0.15, -0.1) is 0 Å². The molecule has 2 atom stereocenters. The van der Waals surface area contributed by atoms with Gasteiger partial charge in [0.15, 0.2) is 0 Å². The van der Waals surface area contributed by atoms with Crippen LogP contribution >= 0.6 is 0 Å². The third-order valence-corrected chi connectivity index (χ3v) is 4.00. The molecule has 1 N–H and O–H groups in total. The van der Waals surface area contributed by atoms with E-state index < -0.39 is 17.3 Å². The number of para-hydroxylation sites is 1. The predicted octanol–water partition coefficient (Wildman–Crippen LogP) is 1.31. The second-order valence-electron chi connectivity index (χ2n) is 4.90. The van der Waals surface area contributed by atoms with Gasteiger partial charge in [-0.25, -0.2) is 0 Å². The molecule has 1 saturated carbocycles. The Morgan fingerprint density at radius 2 is 2.24 bits per heavy atom. The third kappa shape index (κ3) is 1.03. The summed E-state index contributed by atoms with van der Waals surface area (Å²) in [6.07, 6.45) is 0.433. The lowest BCUT2D eigenvalue weighted by Gasteiger charge is -2.12. The lowest BCUT2D eigenvalue weighted by Crippen LogP contribution is -2.31. The zero-order valence-corrected chi connectivity index (χ0v) is 9.73. The number of aliphatic carboxylic acids is 1. The number of carboxylic acid groups (broad SMARTS) is 1. The first-order valence-electron chi connectivity index (χ1n) is 5.61. The molecule has 1 aromatic rings. The highest BCUT2D eigenvalue weighted by atomic mass is 16.4.